The highest BCUT2D eigenvalue weighted by atomic mass is 35.5. The normalized spacial score (nSPS) is 17.1. The quantitative estimate of drug-likeness (QED) is 0.0687. The predicted molar refractivity (Wildman–Crippen MR) is 323 cm³/mol. The molecule has 2 atom stereocenters. The highest BCUT2D eigenvalue weighted by Gasteiger charge is 2.32. The summed E-state index contributed by atoms with van der Waals surface area (Å²) in [5, 5.41) is 19.7. The number of anilines is 4. The molecule has 83 heavy (non-hydrogen) atoms. The molecule has 0 bridgehead atoms. The molecule has 3 N–H and O–H groups in total. The molecule has 436 valence electrons. The van der Waals surface area contributed by atoms with E-state index < -0.39 is 17.0 Å². The fourth-order valence-electron chi connectivity index (χ4n) is 10.9. The van der Waals surface area contributed by atoms with Gasteiger partial charge in [-0.25, -0.2) is 14.4 Å². The van der Waals surface area contributed by atoms with Crippen molar-refractivity contribution in [2.24, 2.45) is 0 Å². The summed E-state index contributed by atoms with van der Waals surface area (Å²) in [6.07, 6.45) is 1.84. The Morgan fingerprint density at radius 3 is 2.31 bits per heavy atom. The van der Waals surface area contributed by atoms with Gasteiger partial charge >= 0.3 is 0 Å². The predicted octanol–water partition coefficient (Wildman–Crippen LogP) is 8.89. The van der Waals surface area contributed by atoms with Crippen LogP contribution in [0.15, 0.2) is 91.5 Å². The molecular weight excluding hydrogens is 1080 g/mol. The van der Waals surface area contributed by atoms with Gasteiger partial charge in [0.05, 0.1) is 60.2 Å². The lowest BCUT2D eigenvalue weighted by atomic mass is 9.96. The maximum absolute atomic E-state index is 17.2. The zero-order valence-electron chi connectivity index (χ0n) is 48.2. The largest absolute Gasteiger partial charge is 0.508 e. The molecule has 3 aliphatic heterocycles. The molecular formula is C62H72ClFN12O7. The van der Waals surface area contributed by atoms with Crippen molar-refractivity contribution in [1.29, 1.82) is 0 Å². The number of hydrogen-bond acceptors (Lipinski definition) is 16. The number of aromatic hydroxyl groups is 1. The summed E-state index contributed by atoms with van der Waals surface area (Å²) in [7, 11) is 1.75. The lowest BCUT2D eigenvalue weighted by Crippen LogP contribution is -2.48. The van der Waals surface area contributed by atoms with Gasteiger partial charge < -0.3 is 54.5 Å². The lowest BCUT2D eigenvalue weighted by Gasteiger charge is -2.37. The van der Waals surface area contributed by atoms with E-state index in [2.05, 4.69) is 45.8 Å². The van der Waals surface area contributed by atoms with Crippen LogP contribution in [-0.4, -0.2) is 173 Å². The second-order valence-corrected chi connectivity index (χ2v) is 23.2. The Balaban J connectivity index is 0.767. The van der Waals surface area contributed by atoms with E-state index in [9.17, 15) is 19.5 Å². The molecule has 0 radical (unpaired) electrons. The number of halogens is 2. The van der Waals surface area contributed by atoms with Gasteiger partial charge in [-0.1, -0.05) is 54.6 Å². The molecule has 0 aliphatic carbocycles. The van der Waals surface area contributed by atoms with E-state index in [1.54, 1.807) is 35.0 Å². The standard InChI is InChI=1S/C62H72ClFN12O7/c1-9-50(78)73-22-24-74(25-23-73)56-47-34-48(63)52(46-33-43(77)32-40-13-10-11-16-44(40)46)53(64)54(47)68-59(70-56)65-21-19-51(79)72(8)61(4,5)20-28-83-62(6,7)37-66-58(80)42-15-12-14-41(31-42)49-18-17-45-55(67-49)69-60(76-27-30-82-36-39(76)3)71-57(45)75-26-29-81-35-38(75)2/h9-18,31-34,38-39,77H,1,19-30,35-37H2,2-8H3,(H,66,80)(H,65,68,70)/t38-,39-/m1/s1. The minimum atomic E-state index is -0.752. The maximum atomic E-state index is 17.2. The van der Waals surface area contributed by atoms with Gasteiger partial charge in [0.1, 0.15) is 22.9 Å². The molecule has 0 spiro atoms. The molecule has 0 unspecified atom stereocenters. The van der Waals surface area contributed by atoms with Crippen molar-refractivity contribution in [3.63, 3.8) is 0 Å². The van der Waals surface area contributed by atoms with E-state index in [1.165, 1.54) is 12.1 Å². The number of nitrogens with zero attached hydrogens (tertiary/aromatic N) is 10. The number of benzene rings is 4. The maximum Gasteiger partial charge on any atom is 0.251 e. The molecule has 10 rings (SSSR count). The fourth-order valence-corrected chi connectivity index (χ4v) is 11.2. The molecule has 3 aromatic heterocycles. The zero-order valence-corrected chi connectivity index (χ0v) is 48.9. The number of morpholine rings is 2. The number of pyridine rings is 1. The van der Waals surface area contributed by atoms with E-state index in [1.807, 2.05) is 87.2 Å². The van der Waals surface area contributed by atoms with Gasteiger partial charge in [0.25, 0.3) is 5.91 Å². The zero-order chi connectivity index (χ0) is 58.7. The van der Waals surface area contributed by atoms with Crippen LogP contribution in [0.5, 0.6) is 5.75 Å². The third-order valence-electron chi connectivity index (χ3n) is 16.0. The first-order valence-corrected chi connectivity index (χ1v) is 28.7. The van der Waals surface area contributed by atoms with Gasteiger partial charge in [-0.3, -0.25) is 14.4 Å². The first-order chi connectivity index (χ1) is 39.8. The molecule has 7 aromatic rings. The summed E-state index contributed by atoms with van der Waals surface area (Å²) >= 11 is 6.94. The van der Waals surface area contributed by atoms with Gasteiger partial charge in [-0.2, -0.15) is 15.0 Å². The molecule has 3 amide bonds. The number of aromatic nitrogens is 5. The number of hydrogen-bond donors (Lipinski definition) is 3. The number of carbonyl (C=O) groups excluding carboxylic acids is 3. The lowest BCUT2D eigenvalue weighted by molar-refractivity contribution is -0.135. The average Bonchev–Trinajstić information content (AvgIpc) is 3.30. The second-order valence-electron chi connectivity index (χ2n) is 22.8. The molecule has 19 nitrogen and oxygen atoms in total. The minimum Gasteiger partial charge on any atom is -0.508 e. The van der Waals surface area contributed by atoms with Crippen LogP contribution in [0.4, 0.5) is 27.9 Å². The van der Waals surface area contributed by atoms with Gasteiger partial charge in [0, 0.05) is 100 Å². The first kappa shape index (κ1) is 58.4. The van der Waals surface area contributed by atoms with Crippen LogP contribution < -0.4 is 25.3 Å². The minimum absolute atomic E-state index is 0.00240. The number of ether oxygens (including phenoxy) is 3. The summed E-state index contributed by atoms with van der Waals surface area (Å²) in [4.78, 5) is 74.6. The van der Waals surface area contributed by atoms with Crippen molar-refractivity contribution in [2.45, 2.75) is 77.6 Å². The Bertz CT molecular complexity index is 3600. The van der Waals surface area contributed by atoms with Crippen molar-refractivity contribution < 1.29 is 38.1 Å². The fraction of sp³-hybridized carbons (Fsp3) is 0.419. The van der Waals surface area contributed by atoms with Crippen LogP contribution in [0.2, 0.25) is 5.02 Å². The van der Waals surface area contributed by atoms with Crippen molar-refractivity contribution in [1.82, 2.24) is 40.0 Å². The third kappa shape index (κ3) is 12.8. The Kier molecular flexibility index (Phi) is 17.3. The van der Waals surface area contributed by atoms with Crippen molar-refractivity contribution >= 4 is 85.6 Å². The number of phenols is 1. The molecule has 3 saturated heterocycles. The molecule has 6 heterocycles. The van der Waals surface area contributed by atoms with E-state index in [0.29, 0.717) is 129 Å². The summed E-state index contributed by atoms with van der Waals surface area (Å²) in [5.74, 6) is 0.632. The van der Waals surface area contributed by atoms with Gasteiger partial charge in [0.2, 0.25) is 23.7 Å². The van der Waals surface area contributed by atoms with Crippen molar-refractivity contribution in [2.75, 3.05) is 112 Å². The smallest absolute Gasteiger partial charge is 0.251 e. The number of carbonyl (C=O) groups is 3. The molecule has 3 aliphatic rings. The number of amides is 3. The van der Waals surface area contributed by atoms with Crippen molar-refractivity contribution in [3.05, 3.63) is 108 Å². The Morgan fingerprint density at radius 2 is 1.58 bits per heavy atom. The van der Waals surface area contributed by atoms with Crippen molar-refractivity contribution in [3.8, 4) is 28.1 Å². The summed E-state index contributed by atoms with van der Waals surface area (Å²) < 4.78 is 35.0. The molecule has 4 aromatic carbocycles. The summed E-state index contributed by atoms with van der Waals surface area (Å²) in [5.41, 5.74) is 1.59. The SMILES string of the molecule is C=CC(=O)N1CCN(c2nc(NCCC(=O)N(C)C(C)(C)CCOC(C)(C)CNC(=O)c3cccc(-c4ccc5c(N6CCOC[C@H]6C)nc(N6CCOC[C@H]6C)nc5n4)c3)nc3c(F)c(-c4cc(O)cc5ccccc45)c(Cl)cc23)CC1. The number of rotatable bonds is 18. The van der Waals surface area contributed by atoms with Crippen LogP contribution in [0.25, 0.3) is 55.1 Å². The average molecular weight is 1150 g/mol. The van der Waals surface area contributed by atoms with Gasteiger partial charge in [0.15, 0.2) is 11.5 Å². The van der Waals surface area contributed by atoms with Crippen LogP contribution >= 0.6 is 11.6 Å². The van der Waals surface area contributed by atoms with Crippen LogP contribution in [-0.2, 0) is 23.8 Å². The Hall–Kier alpha value is -7.78. The molecule has 21 heteroatoms. The summed E-state index contributed by atoms with van der Waals surface area (Å²) in [6.45, 7) is 21.6. The van der Waals surface area contributed by atoms with Crippen LogP contribution in [0.3, 0.4) is 0 Å². The Morgan fingerprint density at radius 1 is 0.843 bits per heavy atom. The highest BCUT2D eigenvalue weighted by molar-refractivity contribution is 6.35. The van der Waals surface area contributed by atoms with Crippen LogP contribution in [0.1, 0.15) is 64.7 Å². The number of phenolic OH excluding ortho intramolecular Hbond substituents is 1. The molecule has 3 fully saturated rings. The van der Waals surface area contributed by atoms with Gasteiger partial charge in [-0.15, -0.1) is 0 Å². The van der Waals surface area contributed by atoms with Crippen LogP contribution in [0, 0.1) is 5.82 Å². The molecule has 0 saturated carbocycles. The van der Waals surface area contributed by atoms with E-state index in [-0.39, 0.29) is 77.1 Å². The third-order valence-corrected chi connectivity index (χ3v) is 16.3. The number of nitrogens with one attached hydrogen (secondary N) is 2. The second kappa shape index (κ2) is 24.6. The summed E-state index contributed by atoms with van der Waals surface area (Å²) in [6, 6.07) is 23.6. The van der Waals surface area contributed by atoms with E-state index >= 15 is 4.39 Å². The monoisotopic (exact) mass is 1150 g/mol. The Labute approximate surface area is 487 Å². The highest BCUT2D eigenvalue weighted by Crippen LogP contribution is 2.43. The van der Waals surface area contributed by atoms with E-state index in [4.69, 9.17) is 45.7 Å². The van der Waals surface area contributed by atoms with E-state index in [0.717, 1.165) is 16.8 Å². The number of piperazine rings is 1. The topological polar surface area (TPSA) is 204 Å². The number of fused-ring (bicyclic) bond motifs is 3. The first-order valence-electron chi connectivity index (χ1n) is 28.3. The van der Waals surface area contributed by atoms with Gasteiger partial charge in [-0.05, 0) is 113 Å².